The minimum Gasteiger partial charge on any atom is -0.467 e. The first kappa shape index (κ1) is 33.2. The van der Waals surface area contributed by atoms with Crippen LogP contribution < -0.4 is 0 Å². The topological polar surface area (TPSA) is 178 Å². The summed E-state index contributed by atoms with van der Waals surface area (Å²) >= 11 is 0. The number of aliphatic hydroxyl groups is 1. The van der Waals surface area contributed by atoms with Gasteiger partial charge in [0.1, 0.15) is 6.61 Å². The normalized spacial score (nSPS) is 38.9. The molecule has 0 amide bonds. The van der Waals surface area contributed by atoms with Gasteiger partial charge in [-0.15, -0.1) is 0 Å². The number of ether oxygens (including phenoxy) is 6. The molecule has 4 aliphatic carbocycles. The molecule has 0 spiro atoms. The van der Waals surface area contributed by atoms with Crippen molar-refractivity contribution < 1.29 is 62.3 Å². The first-order chi connectivity index (χ1) is 21.4. The first-order valence-electron chi connectivity index (χ1n) is 15.7. The number of carbonyl (C=O) groups excluding carboxylic acids is 6. The number of allylic oxidation sites excluding steroid dienone is 1. The van der Waals surface area contributed by atoms with Gasteiger partial charge in [0.25, 0.3) is 0 Å². The average Bonchev–Trinajstić information content (AvgIpc) is 3.40. The minimum atomic E-state index is -1.61. The van der Waals surface area contributed by atoms with E-state index in [1.54, 1.807) is 6.08 Å². The zero-order valence-electron chi connectivity index (χ0n) is 26.0. The lowest BCUT2D eigenvalue weighted by Gasteiger charge is -2.51. The van der Waals surface area contributed by atoms with Crippen LogP contribution in [-0.4, -0.2) is 91.1 Å². The van der Waals surface area contributed by atoms with Gasteiger partial charge >= 0.3 is 23.9 Å². The Morgan fingerprint density at radius 3 is 2.18 bits per heavy atom. The Bertz CT molecular complexity index is 1240. The van der Waals surface area contributed by atoms with Crippen molar-refractivity contribution in [2.45, 2.75) is 103 Å². The summed E-state index contributed by atoms with van der Waals surface area (Å²) < 4.78 is 32.4. The summed E-state index contributed by atoms with van der Waals surface area (Å²) in [6, 6.07) is 0. The molecule has 1 aliphatic heterocycles. The molecule has 4 fully saturated rings. The molecule has 248 valence electrons. The maximum absolute atomic E-state index is 13.7. The third kappa shape index (κ3) is 6.85. The summed E-state index contributed by atoms with van der Waals surface area (Å²) in [6.45, 7) is 2.82. The van der Waals surface area contributed by atoms with Crippen LogP contribution in [0.5, 0.6) is 0 Å². The molecule has 12 unspecified atom stereocenters. The number of hydrogen-bond acceptors (Lipinski definition) is 13. The predicted octanol–water partition coefficient (Wildman–Crippen LogP) is 1.60. The molecule has 0 aromatic carbocycles. The van der Waals surface area contributed by atoms with Crippen molar-refractivity contribution in [2.24, 2.45) is 35.5 Å². The fourth-order valence-electron chi connectivity index (χ4n) is 8.73. The van der Waals surface area contributed by atoms with Crippen molar-refractivity contribution in [2.75, 3.05) is 13.7 Å². The summed E-state index contributed by atoms with van der Waals surface area (Å²) in [5.41, 5.74) is 1.16. The summed E-state index contributed by atoms with van der Waals surface area (Å²) in [6.07, 6.45) is -1.52. The van der Waals surface area contributed by atoms with Crippen molar-refractivity contribution in [1.82, 2.24) is 0 Å². The van der Waals surface area contributed by atoms with E-state index in [0.29, 0.717) is 19.3 Å². The summed E-state index contributed by atoms with van der Waals surface area (Å²) in [5, 5.41) is 11.4. The first-order valence-corrected chi connectivity index (χ1v) is 15.7. The fraction of sp³-hybridized carbons (Fsp3) is 0.750. The molecule has 0 aromatic rings. The van der Waals surface area contributed by atoms with E-state index in [4.69, 9.17) is 28.4 Å². The molecule has 12 atom stereocenters. The van der Waals surface area contributed by atoms with Gasteiger partial charge in [-0.25, -0.2) is 4.79 Å². The average molecular weight is 635 g/mol. The molecule has 13 nitrogen and oxygen atoms in total. The number of esters is 4. The SMILES string of the molecule is COC(=O)C1OC(OCC(=O)C2CCC3C2CC(O)C2C4CCC(=O)C=C4CCC32)C(OC(C)=O)C(OC(C)=O)C1OC(C)=O. The highest BCUT2D eigenvalue weighted by molar-refractivity contribution is 5.91. The van der Waals surface area contributed by atoms with Gasteiger partial charge in [0.15, 0.2) is 42.3 Å². The molecule has 1 saturated heterocycles. The highest BCUT2D eigenvalue weighted by Crippen LogP contribution is 2.58. The van der Waals surface area contributed by atoms with E-state index in [1.165, 1.54) is 0 Å². The van der Waals surface area contributed by atoms with Crippen LogP contribution in [-0.2, 0) is 57.2 Å². The van der Waals surface area contributed by atoms with Gasteiger partial charge < -0.3 is 33.5 Å². The molecule has 0 bridgehead atoms. The Morgan fingerprint density at radius 1 is 0.844 bits per heavy atom. The number of carbonyl (C=O) groups is 6. The van der Waals surface area contributed by atoms with Crippen molar-refractivity contribution in [3.05, 3.63) is 11.6 Å². The lowest BCUT2D eigenvalue weighted by atomic mass is 9.54. The van der Waals surface area contributed by atoms with Crippen molar-refractivity contribution in [1.29, 1.82) is 0 Å². The van der Waals surface area contributed by atoms with E-state index < -0.39 is 67.3 Å². The van der Waals surface area contributed by atoms with Crippen LogP contribution in [0.25, 0.3) is 0 Å². The molecular weight excluding hydrogens is 592 g/mol. The Labute approximate surface area is 261 Å². The van der Waals surface area contributed by atoms with Crippen molar-refractivity contribution in [3.8, 4) is 0 Å². The smallest absolute Gasteiger partial charge is 0.339 e. The summed E-state index contributed by atoms with van der Waals surface area (Å²) in [5.74, 6) is -3.03. The quantitative estimate of drug-likeness (QED) is 0.301. The van der Waals surface area contributed by atoms with Gasteiger partial charge in [-0.05, 0) is 74.2 Å². The second-order valence-electron chi connectivity index (χ2n) is 12.9. The Kier molecular flexibility index (Phi) is 10.1. The molecule has 1 heterocycles. The third-order valence-corrected chi connectivity index (χ3v) is 10.3. The van der Waals surface area contributed by atoms with Gasteiger partial charge in [0, 0.05) is 33.1 Å². The lowest BCUT2D eigenvalue weighted by Crippen LogP contribution is -2.64. The lowest BCUT2D eigenvalue weighted by molar-refractivity contribution is -0.300. The summed E-state index contributed by atoms with van der Waals surface area (Å²) in [4.78, 5) is 74.3. The third-order valence-electron chi connectivity index (χ3n) is 10.3. The van der Waals surface area contributed by atoms with Crippen molar-refractivity contribution >= 4 is 35.4 Å². The van der Waals surface area contributed by atoms with E-state index in [9.17, 15) is 33.9 Å². The van der Waals surface area contributed by atoms with E-state index in [-0.39, 0.29) is 47.1 Å². The van der Waals surface area contributed by atoms with Gasteiger partial charge in [-0.1, -0.05) is 5.57 Å². The zero-order valence-corrected chi connectivity index (χ0v) is 26.0. The Balaban J connectivity index is 1.31. The second-order valence-corrected chi connectivity index (χ2v) is 12.9. The molecule has 0 radical (unpaired) electrons. The highest BCUT2D eigenvalue weighted by atomic mass is 16.7. The number of aliphatic hydroxyl groups excluding tert-OH is 1. The number of fused-ring (bicyclic) bond motifs is 5. The molecule has 3 saturated carbocycles. The molecule has 5 aliphatic rings. The number of Topliss-reactive ketones (excluding diaryl/α,β-unsaturated/α-hetero) is 1. The van der Waals surface area contributed by atoms with Crippen LogP contribution in [0.3, 0.4) is 0 Å². The van der Waals surface area contributed by atoms with Gasteiger partial charge in [-0.2, -0.15) is 0 Å². The Hall–Kier alpha value is -3.16. The van der Waals surface area contributed by atoms with Gasteiger partial charge in [0.05, 0.1) is 13.2 Å². The molecule has 45 heavy (non-hydrogen) atoms. The number of ketones is 2. The predicted molar refractivity (Wildman–Crippen MR) is 151 cm³/mol. The van der Waals surface area contributed by atoms with Gasteiger partial charge in [-0.3, -0.25) is 24.0 Å². The molecule has 13 heteroatoms. The van der Waals surface area contributed by atoms with E-state index in [0.717, 1.165) is 59.1 Å². The molecule has 0 aromatic heterocycles. The maximum Gasteiger partial charge on any atom is 0.339 e. The highest BCUT2D eigenvalue weighted by Gasteiger charge is 2.57. The van der Waals surface area contributed by atoms with Crippen LogP contribution >= 0.6 is 0 Å². The van der Waals surface area contributed by atoms with Gasteiger partial charge in [0.2, 0.25) is 0 Å². The van der Waals surface area contributed by atoms with Crippen LogP contribution in [0.1, 0.15) is 65.7 Å². The van der Waals surface area contributed by atoms with E-state index in [1.807, 2.05) is 0 Å². The van der Waals surface area contributed by atoms with E-state index in [2.05, 4.69) is 0 Å². The van der Waals surface area contributed by atoms with Crippen LogP contribution in [0, 0.1) is 35.5 Å². The monoisotopic (exact) mass is 634 g/mol. The molecule has 1 N–H and O–H groups in total. The van der Waals surface area contributed by atoms with Crippen LogP contribution in [0.4, 0.5) is 0 Å². The number of hydrogen-bond donors (Lipinski definition) is 1. The number of rotatable bonds is 8. The van der Waals surface area contributed by atoms with E-state index >= 15 is 0 Å². The summed E-state index contributed by atoms with van der Waals surface area (Å²) in [7, 11) is 1.09. The maximum atomic E-state index is 13.7. The van der Waals surface area contributed by atoms with Crippen molar-refractivity contribution in [3.63, 3.8) is 0 Å². The van der Waals surface area contributed by atoms with Crippen LogP contribution in [0.15, 0.2) is 11.6 Å². The zero-order chi connectivity index (χ0) is 32.6. The largest absolute Gasteiger partial charge is 0.467 e. The van der Waals surface area contributed by atoms with Crippen LogP contribution in [0.2, 0.25) is 0 Å². The second kappa shape index (κ2) is 13.7. The Morgan fingerprint density at radius 2 is 1.51 bits per heavy atom. The number of methoxy groups -OCH3 is 1. The molecular formula is C32H42O13. The molecule has 5 rings (SSSR count). The fourth-order valence-corrected chi connectivity index (χ4v) is 8.73. The standard InChI is InChI=1S/C32H42O13/c1-14(33)42-27-28(43-15(2)34)30(44-16(3)35)32(45-29(27)31(39)40-4)41-13-25(38)21-10-9-20-22-7-5-17-11-18(36)6-8-19(17)26(22)24(37)12-23(20)21/h11,19-24,26-30,32,37H,5-10,12-13H2,1-4H3. The minimum absolute atomic E-state index is 0.0328.